The Labute approximate surface area is 96.2 Å². The fourth-order valence-corrected chi connectivity index (χ4v) is 2.35. The van der Waals surface area contributed by atoms with Gasteiger partial charge in [0, 0.05) is 19.5 Å². The Hall–Kier alpha value is -1.35. The second kappa shape index (κ2) is 5.12. The van der Waals surface area contributed by atoms with Gasteiger partial charge in [-0.3, -0.25) is 9.69 Å². The third-order valence-corrected chi connectivity index (χ3v) is 3.11. The third kappa shape index (κ3) is 3.07. The van der Waals surface area contributed by atoms with E-state index in [1.807, 2.05) is 6.07 Å². The summed E-state index contributed by atoms with van der Waals surface area (Å²) >= 11 is 0. The number of nitrogens with zero attached hydrogens (tertiary/aromatic N) is 1. The first-order valence-electron chi connectivity index (χ1n) is 5.78. The van der Waals surface area contributed by atoms with Crippen LogP contribution in [-0.2, 0) is 11.3 Å². The van der Waals surface area contributed by atoms with Gasteiger partial charge < -0.3 is 5.73 Å². The Morgan fingerprint density at radius 1 is 1.38 bits per heavy atom. The van der Waals surface area contributed by atoms with E-state index < -0.39 is 0 Å². The number of hydrogen-bond acceptors (Lipinski definition) is 2. The Morgan fingerprint density at radius 3 is 2.81 bits per heavy atom. The fourth-order valence-electron chi connectivity index (χ4n) is 2.35. The second-order valence-electron chi connectivity index (χ2n) is 4.55. The van der Waals surface area contributed by atoms with Crippen molar-refractivity contribution in [2.24, 2.45) is 11.7 Å². The molecule has 1 aliphatic rings. The highest BCUT2D eigenvalue weighted by Crippen LogP contribution is 2.20. The minimum atomic E-state index is -0.174. The van der Waals surface area contributed by atoms with Gasteiger partial charge in [0.2, 0.25) is 5.91 Å². The molecule has 3 heteroatoms. The van der Waals surface area contributed by atoms with Crippen molar-refractivity contribution in [2.45, 2.75) is 19.4 Å². The highest BCUT2D eigenvalue weighted by atomic mass is 16.1. The molecular formula is C13H18N2O. The molecule has 1 aliphatic heterocycles. The molecule has 1 amide bonds. The van der Waals surface area contributed by atoms with E-state index in [0.29, 0.717) is 12.3 Å². The number of carbonyl (C=O) groups is 1. The molecule has 2 rings (SSSR count). The van der Waals surface area contributed by atoms with Crippen LogP contribution in [0.1, 0.15) is 18.4 Å². The average molecular weight is 218 g/mol. The van der Waals surface area contributed by atoms with Gasteiger partial charge in [-0.25, -0.2) is 0 Å². The van der Waals surface area contributed by atoms with Crippen molar-refractivity contribution in [1.82, 2.24) is 4.90 Å². The van der Waals surface area contributed by atoms with Crippen LogP contribution in [-0.4, -0.2) is 23.9 Å². The molecule has 1 unspecified atom stereocenters. The van der Waals surface area contributed by atoms with Crippen LogP contribution in [0.25, 0.3) is 0 Å². The topological polar surface area (TPSA) is 46.3 Å². The summed E-state index contributed by atoms with van der Waals surface area (Å²) in [7, 11) is 0. The van der Waals surface area contributed by atoms with Gasteiger partial charge in [-0.1, -0.05) is 30.3 Å². The lowest BCUT2D eigenvalue weighted by Gasteiger charge is -2.15. The number of primary amides is 1. The van der Waals surface area contributed by atoms with Gasteiger partial charge >= 0.3 is 0 Å². The van der Waals surface area contributed by atoms with E-state index in [2.05, 4.69) is 29.2 Å². The maximum absolute atomic E-state index is 10.8. The summed E-state index contributed by atoms with van der Waals surface area (Å²) in [4.78, 5) is 13.2. The second-order valence-corrected chi connectivity index (χ2v) is 4.55. The SMILES string of the molecule is NC(=O)CC1CCN(Cc2ccccc2)C1. The molecule has 2 N–H and O–H groups in total. The summed E-state index contributed by atoms with van der Waals surface area (Å²) in [5.74, 6) is 0.285. The monoisotopic (exact) mass is 218 g/mol. The van der Waals surface area contributed by atoms with Crippen molar-refractivity contribution >= 4 is 5.91 Å². The molecule has 0 aromatic heterocycles. The van der Waals surface area contributed by atoms with Crippen LogP contribution < -0.4 is 5.73 Å². The molecule has 0 saturated carbocycles. The average Bonchev–Trinajstić information content (AvgIpc) is 2.66. The van der Waals surface area contributed by atoms with E-state index >= 15 is 0 Å². The van der Waals surface area contributed by atoms with Gasteiger partial charge in [0.05, 0.1) is 0 Å². The first-order valence-corrected chi connectivity index (χ1v) is 5.78. The Kier molecular flexibility index (Phi) is 3.57. The molecule has 86 valence electrons. The van der Waals surface area contributed by atoms with Crippen molar-refractivity contribution in [1.29, 1.82) is 0 Å². The van der Waals surface area contributed by atoms with Gasteiger partial charge in [-0.05, 0) is 24.4 Å². The maximum atomic E-state index is 10.8. The van der Waals surface area contributed by atoms with Crippen molar-refractivity contribution in [3.63, 3.8) is 0 Å². The van der Waals surface area contributed by atoms with Crippen LogP contribution in [0.15, 0.2) is 30.3 Å². The fraction of sp³-hybridized carbons (Fsp3) is 0.462. The van der Waals surface area contributed by atoms with E-state index in [-0.39, 0.29) is 5.91 Å². The van der Waals surface area contributed by atoms with Gasteiger partial charge in [-0.2, -0.15) is 0 Å². The zero-order valence-corrected chi connectivity index (χ0v) is 9.43. The summed E-state index contributed by atoms with van der Waals surface area (Å²) in [6, 6.07) is 10.4. The molecule has 0 bridgehead atoms. The van der Waals surface area contributed by atoms with Crippen LogP contribution in [0.3, 0.4) is 0 Å². The van der Waals surface area contributed by atoms with E-state index in [0.717, 1.165) is 26.1 Å². The number of nitrogens with two attached hydrogens (primary N) is 1. The zero-order chi connectivity index (χ0) is 11.4. The van der Waals surface area contributed by atoms with Gasteiger partial charge in [0.15, 0.2) is 0 Å². The van der Waals surface area contributed by atoms with E-state index in [1.165, 1.54) is 5.56 Å². The first-order chi connectivity index (χ1) is 7.74. The lowest BCUT2D eigenvalue weighted by Crippen LogP contribution is -2.22. The van der Waals surface area contributed by atoms with Crippen LogP contribution in [0.5, 0.6) is 0 Å². The van der Waals surface area contributed by atoms with E-state index in [1.54, 1.807) is 0 Å². The van der Waals surface area contributed by atoms with E-state index in [9.17, 15) is 4.79 Å². The zero-order valence-electron chi connectivity index (χ0n) is 9.43. The number of benzene rings is 1. The molecule has 3 nitrogen and oxygen atoms in total. The Balaban J connectivity index is 1.83. The summed E-state index contributed by atoms with van der Waals surface area (Å²) in [6.45, 7) is 3.06. The standard InChI is InChI=1S/C13H18N2O/c14-13(16)8-12-6-7-15(10-12)9-11-4-2-1-3-5-11/h1-5,12H,6-10H2,(H2,14,16). The number of hydrogen-bond donors (Lipinski definition) is 1. The van der Waals surface area contributed by atoms with Crippen LogP contribution in [0.2, 0.25) is 0 Å². The Bertz CT molecular complexity index is 350. The number of amides is 1. The van der Waals surface area contributed by atoms with E-state index in [4.69, 9.17) is 5.73 Å². The normalized spacial score (nSPS) is 21.1. The van der Waals surface area contributed by atoms with Crippen LogP contribution >= 0.6 is 0 Å². The van der Waals surface area contributed by atoms with Crippen molar-refractivity contribution < 1.29 is 4.79 Å². The lowest BCUT2D eigenvalue weighted by molar-refractivity contribution is -0.118. The van der Waals surface area contributed by atoms with Gasteiger partial charge in [-0.15, -0.1) is 0 Å². The summed E-state index contributed by atoms with van der Waals surface area (Å²) in [5, 5.41) is 0. The highest BCUT2D eigenvalue weighted by molar-refractivity contribution is 5.74. The van der Waals surface area contributed by atoms with Crippen LogP contribution in [0, 0.1) is 5.92 Å². The molecule has 16 heavy (non-hydrogen) atoms. The molecule has 1 saturated heterocycles. The van der Waals surface area contributed by atoms with Crippen LogP contribution in [0.4, 0.5) is 0 Å². The first kappa shape index (κ1) is 11.1. The quantitative estimate of drug-likeness (QED) is 0.830. The third-order valence-electron chi connectivity index (χ3n) is 3.11. The van der Waals surface area contributed by atoms with Gasteiger partial charge in [0.25, 0.3) is 0 Å². The van der Waals surface area contributed by atoms with Gasteiger partial charge in [0.1, 0.15) is 0 Å². The lowest BCUT2D eigenvalue weighted by atomic mass is 10.1. The smallest absolute Gasteiger partial charge is 0.217 e. The molecule has 1 fully saturated rings. The number of carbonyl (C=O) groups excluding carboxylic acids is 1. The molecule has 1 atom stereocenters. The molecule has 1 aromatic carbocycles. The summed E-state index contributed by atoms with van der Waals surface area (Å²) < 4.78 is 0. The molecule has 0 radical (unpaired) electrons. The number of rotatable bonds is 4. The van der Waals surface area contributed by atoms with Crippen molar-refractivity contribution in [3.8, 4) is 0 Å². The predicted octanol–water partition coefficient (Wildman–Crippen LogP) is 1.38. The molecule has 1 aromatic rings. The molecule has 0 spiro atoms. The molecule has 1 heterocycles. The molecular weight excluding hydrogens is 200 g/mol. The highest BCUT2D eigenvalue weighted by Gasteiger charge is 2.23. The minimum Gasteiger partial charge on any atom is -0.370 e. The summed E-state index contributed by atoms with van der Waals surface area (Å²) in [5.41, 5.74) is 6.55. The summed E-state index contributed by atoms with van der Waals surface area (Å²) in [6.07, 6.45) is 1.63. The molecule has 0 aliphatic carbocycles. The minimum absolute atomic E-state index is 0.174. The maximum Gasteiger partial charge on any atom is 0.217 e. The largest absolute Gasteiger partial charge is 0.370 e. The number of likely N-dealkylation sites (tertiary alicyclic amines) is 1. The van der Waals surface area contributed by atoms with Crippen molar-refractivity contribution in [2.75, 3.05) is 13.1 Å². The van der Waals surface area contributed by atoms with Crippen molar-refractivity contribution in [3.05, 3.63) is 35.9 Å². The predicted molar refractivity (Wildman–Crippen MR) is 63.6 cm³/mol. The Morgan fingerprint density at radius 2 is 2.12 bits per heavy atom.